The fraction of sp³-hybridized carbons (Fsp3) is 0.956. The highest BCUT2D eigenvalue weighted by atomic mass is 32.2. The Labute approximate surface area is 338 Å². The van der Waals surface area contributed by atoms with E-state index in [1.54, 1.807) is 0 Å². The molecular formula is C45H89NO7S. The Hall–Kier alpha value is -0.870. The van der Waals surface area contributed by atoms with Crippen molar-refractivity contribution in [1.82, 2.24) is 4.90 Å². The number of aliphatic hydroxyl groups excluding tert-OH is 2. The van der Waals surface area contributed by atoms with Gasteiger partial charge in [-0.25, -0.2) is 0 Å². The molecule has 0 aliphatic heterocycles. The van der Waals surface area contributed by atoms with E-state index in [4.69, 9.17) is 9.47 Å². The van der Waals surface area contributed by atoms with Crippen LogP contribution < -0.4 is 0 Å². The Morgan fingerprint density at radius 3 is 1.56 bits per heavy atom. The normalized spacial score (nSPS) is 12.8. The first kappa shape index (κ1) is 53.1. The Kier molecular flexibility index (Phi) is 41.1. The van der Waals surface area contributed by atoms with Crippen molar-refractivity contribution in [1.29, 1.82) is 0 Å². The Morgan fingerprint density at radius 2 is 1.02 bits per heavy atom. The van der Waals surface area contributed by atoms with Crippen LogP contribution in [-0.2, 0) is 19.1 Å². The Morgan fingerprint density at radius 1 is 0.556 bits per heavy atom. The van der Waals surface area contributed by atoms with E-state index in [1.165, 1.54) is 96.3 Å². The third kappa shape index (κ3) is 36.7. The number of hydrogen-bond donors (Lipinski definition) is 3. The number of carbonyl (C=O) groups is 2. The molecule has 0 aromatic carbocycles. The van der Waals surface area contributed by atoms with Crippen LogP contribution in [0.25, 0.3) is 0 Å². The molecule has 9 heteroatoms. The highest BCUT2D eigenvalue weighted by Gasteiger charge is 2.19. The molecule has 0 bridgehead atoms. The molecule has 0 heterocycles. The van der Waals surface area contributed by atoms with Crippen LogP contribution in [0.3, 0.4) is 0 Å². The zero-order valence-electron chi connectivity index (χ0n) is 35.7. The Bertz CT molecular complexity index is 788. The molecule has 2 atom stereocenters. The number of hydrogen-bond acceptors (Lipinski definition) is 9. The standard InChI is InChI=1S/C45H89NO7S/c1-4-7-10-13-16-19-28-38-52-44(49)34-26-20-22-30-41(48)39-46(36-29-37-47)40-43(54-51)33-25-21-27-35-45(50)53-42(31-23-17-14-11-8-5-2)32-24-18-15-12-9-6-3/h41-43,47-48,51H,4-40H2,1-3H3. The van der Waals surface area contributed by atoms with E-state index in [1.807, 2.05) is 0 Å². The van der Waals surface area contributed by atoms with Crippen molar-refractivity contribution in [3.05, 3.63) is 0 Å². The van der Waals surface area contributed by atoms with E-state index in [0.29, 0.717) is 51.9 Å². The highest BCUT2D eigenvalue weighted by molar-refractivity contribution is 7.94. The molecule has 0 saturated heterocycles. The van der Waals surface area contributed by atoms with Crippen molar-refractivity contribution in [2.45, 2.75) is 244 Å². The molecule has 322 valence electrons. The molecule has 0 aromatic rings. The van der Waals surface area contributed by atoms with Crippen LogP contribution >= 0.6 is 12.0 Å². The number of aliphatic hydroxyl groups is 2. The molecule has 0 aliphatic carbocycles. The van der Waals surface area contributed by atoms with Gasteiger partial charge in [-0.3, -0.25) is 14.5 Å². The molecule has 0 amide bonds. The van der Waals surface area contributed by atoms with Gasteiger partial charge >= 0.3 is 11.9 Å². The van der Waals surface area contributed by atoms with Crippen LogP contribution in [0.4, 0.5) is 0 Å². The summed E-state index contributed by atoms with van der Waals surface area (Å²) in [5.41, 5.74) is 0. The summed E-state index contributed by atoms with van der Waals surface area (Å²) in [5.74, 6) is -0.177. The minimum absolute atomic E-state index is 0.00828. The van der Waals surface area contributed by atoms with Gasteiger partial charge in [0.25, 0.3) is 0 Å². The molecule has 2 unspecified atom stereocenters. The SMILES string of the molecule is CCCCCCCCCOC(=O)CCCCCC(O)CN(CCCO)CC(CCCCCC(=O)OC(CCCCCCCC)CCCCCCCC)SO. The highest BCUT2D eigenvalue weighted by Crippen LogP contribution is 2.21. The van der Waals surface area contributed by atoms with Gasteiger partial charge in [-0.15, -0.1) is 0 Å². The number of ether oxygens (including phenoxy) is 2. The quantitative estimate of drug-likeness (QED) is 0.0315. The first-order valence-electron chi connectivity index (χ1n) is 23.1. The molecule has 0 aliphatic rings. The molecule has 0 radical (unpaired) electrons. The van der Waals surface area contributed by atoms with Crippen molar-refractivity contribution in [3.63, 3.8) is 0 Å². The average Bonchev–Trinajstić information content (AvgIpc) is 3.16. The zero-order valence-corrected chi connectivity index (χ0v) is 36.5. The molecule has 0 spiro atoms. The van der Waals surface area contributed by atoms with Crippen molar-refractivity contribution in [3.8, 4) is 0 Å². The number of unbranched alkanes of at least 4 members (excludes halogenated alkanes) is 20. The van der Waals surface area contributed by atoms with Gasteiger partial charge in [0.15, 0.2) is 0 Å². The first-order chi connectivity index (χ1) is 26.4. The largest absolute Gasteiger partial charge is 0.466 e. The van der Waals surface area contributed by atoms with Crippen LogP contribution in [0.15, 0.2) is 0 Å². The van der Waals surface area contributed by atoms with Crippen molar-refractivity contribution in [2.75, 3.05) is 32.8 Å². The zero-order chi connectivity index (χ0) is 39.7. The van der Waals surface area contributed by atoms with Gasteiger partial charge < -0.3 is 24.2 Å². The number of rotatable bonds is 43. The summed E-state index contributed by atoms with van der Waals surface area (Å²) in [6, 6.07) is 0. The lowest BCUT2D eigenvalue weighted by Crippen LogP contribution is -2.38. The summed E-state index contributed by atoms with van der Waals surface area (Å²) in [5, 5.41) is 20.2. The van der Waals surface area contributed by atoms with E-state index < -0.39 is 6.10 Å². The second-order valence-electron chi connectivity index (χ2n) is 16.0. The minimum Gasteiger partial charge on any atom is -0.466 e. The van der Waals surface area contributed by atoms with Crippen molar-refractivity contribution in [2.24, 2.45) is 0 Å². The molecule has 8 nitrogen and oxygen atoms in total. The molecular weight excluding hydrogens is 699 g/mol. The molecule has 54 heavy (non-hydrogen) atoms. The summed E-state index contributed by atoms with van der Waals surface area (Å²) in [7, 11) is 0. The molecule has 0 saturated carbocycles. The maximum absolute atomic E-state index is 12.8. The lowest BCUT2D eigenvalue weighted by molar-refractivity contribution is -0.150. The summed E-state index contributed by atoms with van der Waals surface area (Å²) < 4.78 is 21.5. The lowest BCUT2D eigenvalue weighted by Gasteiger charge is -2.28. The van der Waals surface area contributed by atoms with Crippen LogP contribution in [-0.4, -0.2) is 81.9 Å². The van der Waals surface area contributed by atoms with Crippen LogP contribution in [0.2, 0.25) is 0 Å². The maximum Gasteiger partial charge on any atom is 0.306 e. The van der Waals surface area contributed by atoms with E-state index >= 15 is 0 Å². The summed E-state index contributed by atoms with van der Waals surface area (Å²) in [4.78, 5) is 27.0. The third-order valence-electron chi connectivity index (χ3n) is 10.6. The van der Waals surface area contributed by atoms with E-state index in [9.17, 15) is 24.4 Å². The molecule has 0 aromatic heterocycles. The first-order valence-corrected chi connectivity index (χ1v) is 23.9. The van der Waals surface area contributed by atoms with Gasteiger partial charge in [0.2, 0.25) is 0 Å². The second-order valence-corrected chi connectivity index (χ2v) is 16.9. The van der Waals surface area contributed by atoms with E-state index in [2.05, 4.69) is 25.7 Å². The predicted octanol–water partition coefficient (Wildman–Crippen LogP) is 12.2. The van der Waals surface area contributed by atoms with Gasteiger partial charge in [-0.05, 0) is 76.3 Å². The van der Waals surface area contributed by atoms with Crippen molar-refractivity contribution >= 4 is 24.0 Å². The van der Waals surface area contributed by atoms with Gasteiger partial charge in [-0.2, -0.15) is 0 Å². The topological polar surface area (TPSA) is 117 Å². The molecule has 3 N–H and O–H groups in total. The molecule has 0 fully saturated rings. The lowest BCUT2D eigenvalue weighted by atomic mass is 10.0. The monoisotopic (exact) mass is 788 g/mol. The molecule has 0 rings (SSSR count). The minimum atomic E-state index is -0.491. The van der Waals surface area contributed by atoms with Gasteiger partial charge in [0.1, 0.15) is 6.10 Å². The van der Waals surface area contributed by atoms with Gasteiger partial charge in [0, 0.05) is 44.3 Å². The smallest absolute Gasteiger partial charge is 0.306 e. The fourth-order valence-corrected chi connectivity index (χ4v) is 7.73. The number of nitrogens with zero attached hydrogens (tertiary/aromatic N) is 1. The maximum atomic E-state index is 12.8. The van der Waals surface area contributed by atoms with Crippen LogP contribution in [0.5, 0.6) is 0 Å². The fourth-order valence-electron chi connectivity index (χ4n) is 7.18. The van der Waals surface area contributed by atoms with Gasteiger partial charge in [-0.1, -0.05) is 149 Å². The number of carbonyl (C=O) groups excluding carboxylic acids is 2. The third-order valence-corrected chi connectivity index (χ3v) is 11.3. The Balaban J connectivity index is 4.37. The predicted molar refractivity (Wildman–Crippen MR) is 229 cm³/mol. The van der Waals surface area contributed by atoms with Crippen LogP contribution in [0.1, 0.15) is 226 Å². The van der Waals surface area contributed by atoms with Crippen molar-refractivity contribution < 1.29 is 33.8 Å². The second kappa shape index (κ2) is 41.8. The van der Waals surface area contributed by atoms with E-state index in [-0.39, 0.29) is 29.9 Å². The summed E-state index contributed by atoms with van der Waals surface area (Å²) in [6.07, 6.45) is 33.1. The average molecular weight is 788 g/mol. The summed E-state index contributed by atoms with van der Waals surface area (Å²) in [6.45, 7) is 9.14. The summed E-state index contributed by atoms with van der Waals surface area (Å²) >= 11 is 0.876. The van der Waals surface area contributed by atoms with E-state index in [0.717, 1.165) is 95.5 Å². The van der Waals surface area contributed by atoms with Crippen LogP contribution in [0, 0.1) is 0 Å². The van der Waals surface area contributed by atoms with Gasteiger partial charge in [0.05, 0.1) is 12.7 Å². The number of esters is 2.